The van der Waals surface area contributed by atoms with Crippen LogP contribution in [-0.2, 0) is 16.0 Å². The Labute approximate surface area is 144 Å². The molecule has 2 aromatic carbocycles. The molecule has 5 heteroatoms. The Balaban J connectivity index is 1.64. The Bertz CT molecular complexity index is 952. The molecule has 0 spiro atoms. The number of carbonyl (C=O) groups is 2. The van der Waals surface area contributed by atoms with Crippen molar-refractivity contribution < 1.29 is 23.8 Å². The lowest BCUT2D eigenvalue weighted by atomic mass is 10.0. The number of hydrogen-bond donors (Lipinski definition) is 1. The fourth-order valence-corrected chi connectivity index (χ4v) is 2.68. The van der Waals surface area contributed by atoms with Crippen LogP contribution in [0.3, 0.4) is 0 Å². The summed E-state index contributed by atoms with van der Waals surface area (Å²) in [6, 6.07) is 10.3. The van der Waals surface area contributed by atoms with E-state index in [0.717, 1.165) is 16.5 Å². The van der Waals surface area contributed by atoms with Crippen molar-refractivity contribution in [3.05, 3.63) is 64.9 Å². The van der Waals surface area contributed by atoms with Gasteiger partial charge in [-0.15, -0.1) is 0 Å². The standard InChI is InChI=1S/C20H18O5/c1-12-3-4-13(2)17(7-12)18(22)11-25-20(23)8-14-10-24-19-9-15(21)5-6-16(14)19/h3-7,9-10,21H,8,11H2,1-2H3. The van der Waals surface area contributed by atoms with Gasteiger partial charge in [0.25, 0.3) is 0 Å². The van der Waals surface area contributed by atoms with Gasteiger partial charge >= 0.3 is 5.97 Å². The zero-order valence-corrected chi connectivity index (χ0v) is 14.0. The highest BCUT2D eigenvalue weighted by molar-refractivity contribution is 5.99. The predicted molar refractivity (Wildman–Crippen MR) is 92.8 cm³/mol. The molecule has 1 N–H and O–H groups in total. The van der Waals surface area contributed by atoms with Crippen LogP contribution in [0.4, 0.5) is 0 Å². The zero-order valence-electron chi connectivity index (χ0n) is 14.0. The summed E-state index contributed by atoms with van der Waals surface area (Å²) in [5.74, 6) is -0.638. The first-order valence-electron chi connectivity index (χ1n) is 7.89. The fraction of sp³-hybridized carbons (Fsp3) is 0.200. The number of furan rings is 1. The number of aromatic hydroxyl groups is 1. The Hall–Kier alpha value is -3.08. The van der Waals surface area contributed by atoms with Crippen LogP contribution in [0.1, 0.15) is 27.0 Å². The van der Waals surface area contributed by atoms with Gasteiger partial charge in [0, 0.05) is 22.6 Å². The maximum atomic E-state index is 12.3. The molecule has 1 aromatic heterocycles. The van der Waals surface area contributed by atoms with Gasteiger partial charge in [0.2, 0.25) is 5.78 Å². The molecule has 0 aliphatic carbocycles. The molecule has 0 aliphatic heterocycles. The summed E-state index contributed by atoms with van der Waals surface area (Å²) in [5, 5.41) is 10.2. The molecule has 0 saturated carbocycles. The fourth-order valence-electron chi connectivity index (χ4n) is 2.68. The molecule has 0 radical (unpaired) electrons. The van der Waals surface area contributed by atoms with E-state index in [1.165, 1.54) is 18.4 Å². The molecule has 0 saturated heterocycles. The van der Waals surface area contributed by atoms with E-state index >= 15 is 0 Å². The molecule has 25 heavy (non-hydrogen) atoms. The third-order valence-corrected chi connectivity index (χ3v) is 4.03. The van der Waals surface area contributed by atoms with E-state index in [2.05, 4.69) is 0 Å². The van der Waals surface area contributed by atoms with E-state index in [-0.39, 0.29) is 24.6 Å². The van der Waals surface area contributed by atoms with Gasteiger partial charge in [-0.3, -0.25) is 9.59 Å². The summed E-state index contributed by atoms with van der Waals surface area (Å²) in [4.78, 5) is 24.3. The quantitative estimate of drug-likeness (QED) is 0.567. The van der Waals surface area contributed by atoms with Crippen LogP contribution in [0.15, 0.2) is 47.1 Å². The Morgan fingerprint density at radius 1 is 1.12 bits per heavy atom. The minimum Gasteiger partial charge on any atom is -0.508 e. The lowest BCUT2D eigenvalue weighted by molar-refractivity contribution is -0.141. The molecule has 0 atom stereocenters. The number of ketones is 1. The maximum Gasteiger partial charge on any atom is 0.310 e. The van der Waals surface area contributed by atoms with E-state index in [4.69, 9.17) is 9.15 Å². The smallest absolute Gasteiger partial charge is 0.310 e. The summed E-state index contributed by atoms with van der Waals surface area (Å²) in [7, 11) is 0. The SMILES string of the molecule is Cc1ccc(C)c(C(=O)COC(=O)Cc2coc3cc(O)ccc23)c1. The normalized spacial score (nSPS) is 10.8. The number of phenols is 1. The van der Waals surface area contributed by atoms with Crippen LogP contribution in [0.25, 0.3) is 11.0 Å². The summed E-state index contributed by atoms with van der Waals surface area (Å²) >= 11 is 0. The minimum absolute atomic E-state index is 0.00213. The summed E-state index contributed by atoms with van der Waals surface area (Å²) in [6.07, 6.45) is 1.45. The van der Waals surface area contributed by atoms with Gasteiger partial charge in [0.05, 0.1) is 12.7 Å². The second-order valence-electron chi connectivity index (χ2n) is 6.02. The first kappa shape index (κ1) is 16.8. The number of benzene rings is 2. The first-order chi connectivity index (χ1) is 11.9. The molecule has 0 amide bonds. The van der Waals surface area contributed by atoms with Gasteiger partial charge in [-0.2, -0.15) is 0 Å². The van der Waals surface area contributed by atoms with E-state index < -0.39 is 5.97 Å². The molecule has 1 heterocycles. The summed E-state index contributed by atoms with van der Waals surface area (Å²) < 4.78 is 10.4. The highest BCUT2D eigenvalue weighted by Gasteiger charge is 2.15. The highest BCUT2D eigenvalue weighted by Crippen LogP contribution is 2.25. The van der Waals surface area contributed by atoms with Crippen LogP contribution in [0, 0.1) is 13.8 Å². The molecule has 0 unspecified atom stereocenters. The maximum absolute atomic E-state index is 12.3. The Morgan fingerprint density at radius 3 is 2.72 bits per heavy atom. The molecule has 0 aliphatic rings. The number of carbonyl (C=O) groups excluding carboxylic acids is 2. The van der Waals surface area contributed by atoms with Gasteiger partial charge in [0.15, 0.2) is 6.61 Å². The number of ether oxygens (including phenoxy) is 1. The van der Waals surface area contributed by atoms with Crippen molar-refractivity contribution in [2.75, 3.05) is 6.61 Å². The van der Waals surface area contributed by atoms with Gasteiger partial charge in [-0.1, -0.05) is 17.7 Å². The molecular formula is C20H18O5. The van der Waals surface area contributed by atoms with Crippen LogP contribution in [0.2, 0.25) is 0 Å². The van der Waals surface area contributed by atoms with Gasteiger partial charge < -0.3 is 14.3 Å². The van der Waals surface area contributed by atoms with Crippen LogP contribution in [0.5, 0.6) is 5.75 Å². The molecule has 5 nitrogen and oxygen atoms in total. The lowest BCUT2D eigenvalue weighted by Crippen LogP contribution is -2.16. The van der Waals surface area contributed by atoms with Crippen LogP contribution < -0.4 is 0 Å². The summed E-state index contributed by atoms with van der Waals surface area (Å²) in [6.45, 7) is 3.46. The molecule has 3 aromatic rings. The lowest BCUT2D eigenvalue weighted by Gasteiger charge is -2.07. The van der Waals surface area contributed by atoms with Crippen molar-refractivity contribution in [1.29, 1.82) is 0 Å². The third-order valence-electron chi connectivity index (χ3n) is 4.03. The average Bonchev–Trinajstić information content (AvgIpc) is 2.96. The van der Waals surface area contributed by atoms with Gasteiger partial charge in [-0.05, 0) is 37.6 Å². The van der Waals surface area contributed by atoms with E-state index in [9.17, 15) is 14.7 Å². The van der Waals surface area contributed by atoms with E-state index in [0.29, 0.717) is 16.7 Å². The number of aryl methyl sites for hydroxylation is 2. The second kappa shape index (κ2) is 6.81. The van der Waals surface area contributed by atoms with Crippen molar-refractivity contribution in [2.45, 2.75) is 20.3 Å². The molecule has 0 fully saturated rings. The van der Waals surface area contributed by atoms with Crippen molar-refractivity contribution >= 4 is 22.7 Å². The number of esters is 1. The average molecular weight is 338 g/mol. The van der Waals surface area contributed by atoms with Crippen LogP contribution in [-0.4, -0.2) is 23.5 Å². The van der Waals surface area contributed by atoms with E-state index in [1.807, 2.05) is 26.0 Å². The van der Waals surface area contributed by atoms with Crippen LogP contribution >= 0.6 is 0 Å². The first-order valence-corrected chi connectivity index (χ1v) is 7.89. The van der Waals surface area contributed by atoms with Crippen molar-refractivity contribution in [2.24, 2.45) is 0 Å². The number of phenolic OH excluding ortho intramolecular Hbond substituents is 1. The molecule has 3 rings (SSSR count). The molecule has 128 valence electrons. The van der Waals surface area contributed by atoms with Crippen molar-refractivity contribution in [3.8, 4) is 5.75 Å². The highest BCUT2D eigenvalue weighted by atomic mass is 16.5. The topological polar surface area (TPSA) is 76.7 Å². The third kappa shape index (κ3) is 3.71. The predicted octanol–water partition coefficient (Wildman–Crippen LogP) is 3.72. The number of rotatable bonds is 5. The largest absolute Gasteiger partial charge is 0.508 e. The summed E-state index contributed by atoms with van der Waals surface area (Å²) in [5.41, 5.74) is 3.55. The van der Waals surface area contributed by atoms with Gasteiger partial charge in [-0.25, -0.2) is 0 Å². The van der Waals surface area contributed by atoms with Crippen molar-refractivity contribution in [3.63, 3.8) is 0 Å². The van der Waals surface area contributed by atoms with Crippen molar-refractivity contribution in [1.82, 2.24) is 0 Å². The van der Waals surface area contributed by atoms with E-state index in [1.54, 1.807) is 12.1 Å². The Kier molecular flexibility index (Phi) is 4.57. The minimum atomic E-state index is -0.505. The monoisotopic (exact) mass is 338 g/mol. The second-order valence-corrected chi connectivity index (χ2v) is 6.02. The zero-order chi connectivity index (χ0) is 18.0. The molecule has 0 bridgehead atoms. The number of Topliss-reactive ketones (excluding diaryl/α,β-unsaturated/α-hetero) is 1. The number of hydrogen-bond acceptors (Lipinski definition) is 5. The Morgan fingerprint density at radius 2 is 1.92 bits per heavy atom. The molecular weight excluding hydrogens is 320 g/mol. The van der Waals surface area contributed by atoms with Gasteiger partial charge in [0.1, 0.15) is 11.3 Å². The number of fused-ring (bicyclic) bond motifs is 1.